The smallest absolute Gasteiger partial charge is 0.310 e. The standard InChI is InChI=1S/C16H30N2O3/c1-5-6-7-11-18(12-13-19)15(4)17-10-8-9-16(20)21-14(2)3/h17,19H,2,4-13H2,1,3H3. The van der Waals surface area contributed by atoms with E-state index in [-0.39, 0.29) is 12.6 Å². The molecule has 0 aromatic carbocycles. The third kappa shape index (κ3) is 10.9. The highest BCUT2D eigenvalue weighted by molar-refractivity contribution is 5.70. The molecule has 0 aromatic heterocycles. The van der Waals surface area contributed by atoms with E-state index < -0.39 is 0 Å². The molecule has 0 rings (SSSR count). The van der Waals surface area contributed by atoms with E-state index in [9.17, 15) is 4.79 Å². The number of rotatable bonds is 13. The van der Waals surface area contributed by atoms with Crippen molar-refractivity contribution in [2.45, 2.75) is 46.0 Å². The molecule has 0 atom stereocenters. The summed E-state index contributed by atoms with van der Waals surface area (Å²) in [5, 5.41) is 12.3. The van der Waals surface area contributed by atoms with E-state index in [1.165, 1.54) is 6.42 Å². The maximum absolute atomic E-state index is 11.3. The van der Waals surface area contributed by atoms with Crippen molar-refractivity contribution < 1.29 is 14.6 Å². The van der Waals surface area contributed by atoms with Crippen LogP contribution in [0.3, 0.4) is 0 Å². The molecule has 0 aliphatic carbocycles. The van der Waals surface area contributed by atoms with E-state index in [1.54, 1.807) is 6.92 Å². The first-order valence-corrected chi connectivity index (χ1v) is 7.66. The van der Waals surface area contributed by atoms with Gasteiger partial charge in [-0.15, -0.1) is 0 Å². The summed E-state index contributed by atoms with van der Waals surface area (Å²) in [4.78, 5) is 13.4. The Balaban J connectivity index is 3.91. The molecule has 122 valence electrons. The van der Waals surface area contributed by atoms with Crippen LogP contribution in [0.25, 0.3) is 0 Å². The van der Waals surface area contributed by atoms with Gasteiger partial charge in [0.2, 0.25) is 0 Å². The van der Waals surface area contributed by atoms with Gasteiger partial charge in [-0.05, 0) is 19.8 Å². The lowest BCUT2D eigenvalue weighted by molar-refractivity contribution is -0.139. The van der Waals surface area contributed by atoms with Gasteiger partial charge in [0.25, 0.3) is 0 Å². The van der Waals surface area contributed by atoms with Gasteiger partial charge in [-0.1, -0.05) is 32.9 Å². The number of aliphatic hydroxyl groups is 1. The van der Waals surface area contributed by atoms with Crippen LogP contribution in [0.4, 0.5) is 0 Å². The summed E-state index contributed by atoms with van der Waals surface area (Å²) in [7, 11) is 0. The monoisotopic (exact) mass is 298 g/mol. The van der Waals surface area contributed by atoms with Crippen molar-refractivity contribution in [2.75, 3.05) is 26.2 Å². The van der Waals surface area contributed by atoms with Gasteiger partial charge in [-0.2, -0.15) is 0 Å². The number of unbranched alkanes of at least 4 members (excludes halogenated alkanes) is 2. The van der Waals surface area contributed by atoms with E-state index in [0.29, 0.717) is 31.7 Å². The largest absolute Gasteiger partial charge is 0.432 e. The molecule has 0 radical (unpaired) electrons. The van der Waals surface area contributed by atoms with Crippen molar-refractivity contribution in [3.8, 4) is 0 Å². The number of ether oxygens (including phenoxy) is 1. The summed E-state index contributed by atoms with van der Waals surface area (Å²) in [6.07, 6.45) is 4.44. The van der Waals surface area contributed by atoms with Crippen LogP contribution in [0, 0.1) is 0 Å². The Bertz CT molecular complexity index is 329. The number of carbonyl (C=O) groups is 1. The topological polar surface area (TPSA) is 61.8 Å². The van der Waals surface area contributed by atoms with Gasteiger partial charge in [-0.3, -0.25) is 4.79 Å². The molecule has 0 unspecified atom stereocenters. The lowest BCUT2D eigenvalue weighted by Gasteiger charge is -2.26. The molecule has 21 heavy (non-hydrogen) atoms. The van der Waals surface area contributed by atoms with Crippen molar-refractivity contribution in [1.29, 1.82) is 0 Å². The summed E-state index contributed by atoms with van der Waals surface area (Å²) in [6.45, 7) is 13.6. The molecule has 0 spiro atoms. The summed E-state index contributed by atoms with van der Waals surface area (Å²) >= 11 is 0. The molecule has 0 aliphatic heterocycles. The lowest BCUT2D eigenvalue weighted by Crippen LogP contribution is -2.34. The van der Waals surface area contributed by atoms with Crippen LogP contribution < -0.4 is 5.32 Å². The minimum absolute atomic E-state index is 0.109. The van der Waals surface area contributed by atoms with Crippen LogP contribution in [-0.2, 0) is 9.53 Å². The summed E-state index contributed by atoms with van der Waals surface area (Å²) in [5.41, 5.74) is 0. The van der Waals surface area contributed by atoms with Crippen LogP contribution in [0.5, 0.6) is 0 Å². The molecule has 0 aliphatic rings. The highest BCUT2D eigenvalue weighted by atomic mass is 16.5. The number of aliphatic hydroxyl groups excluding tert-OH is 1. The Morgan fingerprint density at radius 1 is 1.24 bits per heavy atom. The van der Waals surface area contributed by atoms with Gasteiger partial charge >= 0.3 is 5.97 Å². The van der Waals surface area contributed by atoms with Crippen molar-refractivity contribution in [1.82, 2.24) is 10.2 Å². The molecule has 2 N–H and O–H groups in total. The van der Waals surface area contributed by atoms with E-state index >= 15 is 0 Å². The van der Waals surface area contributed by atoms with Crippen molar-refractivity contribution >= 4 is 5.97 Å². The molecule has 0 saturated heterocycles. The highest BCUT2D eigenvalue weighted by Gasteiger charge is 2.07. The second-order valence-corrected chi connectivity index (χ2v) is 5.07. The highest BCUT2D eigenvalue weighted by Crippen LogP contribution is 2.04. The predicted octanol–water partition coefficient (Wildman–Crippen LogP) is 2.39. The van der Waals surface area contributed by atoms with Gasteiger partial charge in [0.1, 0.15) is 0 Å². The van der Waals surface area contributed by atoms with Crippen molar-refractivity contribution in [2.24, 2.45) is 0 Å². The van der Waals surface area contributed by atoms with Crippen LogP contribution >= 0.6 is 0 Å². The average Bonchev–Trinajstić information content (AvgIpc) is 2.42. The minimum atomic E-state index is -0.259. The molecular formula is C16H30N2O3. The van der Waals surface area contributed by atoms with Gasteiger partial charge < -0.3 is 20.1 Å². The maximum Gasteiger partial charge on any atom is 0.310 e. The number of hydrogen-bond acceptors (Lipinski definition) is 5. The quantitative estimate of drug-likeness (QED) is 0.310. The number of esters is 1. The van der Waals surface area contributed by atoms with Crippen LogP contribution in [0.1, 0.15) is 46.0 Å². The first-order chi connectivity index (χ1) is 10.0. The van der Waals surface area contributed by atoms with E-state index in [2.05, 4.69) is 25.4 Å². The third-order valence-corrected chi connectivity index (χ3v) is 2.96. The second kappa shape index (κ2) is 12.3. The van der Waals surface area contributed by atoms with Crippen molar-refractivity contribution in [3.63, 3.8) is 0 Å². The maximum atomic E-state index is 11.3. The van der Waals surface area contributed by atoms with Crippen molar-refractivity contribution in [3.05, 3.63) is 24.7 Å². The first-order valence-electron chi connectivity index (χ1n) is 7.66. The number of nitrogens with one attached hydrogen (secondary N) is 1. The first kappa shape index (κ1) is 19.5. The van der Waals surface area contributed by atoms with E-state index in [1.807, 2.05) is 4.90 Å². The van der Waals surface area contributed by atoms with Gasteiger partial charge in [0.15, 0.2) is 0 Å². The second-order valence-electron chi connectivity index (χ2n) is 5.07. The number of carbonyl (C=O) groups excluding carboxylic acids is 1. The third-order valence-electron chi connectivity index (χ3n) is 2.96. The molecule has 0 aromatic rings. The molecule has 0 saturated carbocycles. The van der Waals surface area contributed by atoms with Crippen LogP contribution in [0.2, 0.25) is 0 Å². The Kier molecular flexibility index (Phi) is 11.4. The molecule has 0 heterocycles. The Morgan fingerprint density at radius 3 is 2.52 bits per heavy atom. The normalized spacial score (nSPS) is 10.0. The summed E-state index contributed by atoms with van der Waals surface area (Å²) in [6, 6.07) is 0. The van der Waals surface area contributed by atoms with Crippen LogP contribution in [-0.4, -0.2) is 42.2 Å². The van der Waals surface area contributed by atoms with Gasteiger partial charge in [0.05, 0.1) is 18.2 Å². The molecule has 0 fully saturated rings. The molecule has 5 heteroatoms. The van der Waals surface area contributed by atoms with Gasteiger partial charge in [-0.25, -0.2) is 0 Å². The Hall–Kier alpha value is -1.49. The Labute approximate surface area is 128 Å². The summed E-state index contributed by atoms with van der Waals surface area (Å²) in [5.74, 6) is 0.959. The zero-order valence-electron chi connectivity index (χ0n) is 13.5. The number of nitrogens with zero attached hydrogens (tertiary/aromatic N) is 1. The fraction of sp³-hybridized carbons (Fsp3) is 0.688. The molecule has 0 bridgehead atoms. The molecule has 5 nitrogen and oxygen atoms in total. The zero-order valence-corrected chi connectivity index (χ0v) is 13.5. The minimum Gasteiger partial charge on any atom is -0.432 e. The fourth-order valence-corrected chi connectivity index (χ4v) is 1.88. The summed E-state index contributed by atoms with van der Waals surface area (Å²) < 4.78 is 4.88. The van der Waals surface area contributed by atoms with E-state index in [0.717, 1.165) is 25.2 Å². The molecule has 0 amide bonds. The van der Waals surface area contributed by atoms with E-state index in [4.69, 9.17) is 9.84 Å². The number of allylic oxidation sites excluding steroid dienone is 1. The van der Waals surface area contributed by atoms with Crippen LogP contribution in [0.15, 0.2) is 24.7 Å². The lowest BCUT2D eigenvalue weighted by atomic mass is 10.2. The SMILES string of the molecule is C=C(C)OC(=O)CCCNC(=C)N(CCO)CCCCC. The van der Waals surface area contributed by atoms with Gasteiger partial charge in [0, 0.05) is 26.1 Å². The average molecular weight is 298 g/mol. The Morgan fingerprint density at radius 2 is 1.95 bits per heavy atom. The fourth-order valence-electron chi connectivity index (χ4n) is 1.88. The predicted molar refractivity (Wildman–Crippen MR) is 85.5 cm³/mol. The zero-order chi connectivity index (χ0) is 16.1. The molecular weight excluding hydrogens is 268 g/mol. The number of hydrogen-bond donors (Lipinski definition) is 2.